The lowest BCUT2D eigenvalue weighted by Gasteiger charge is -2.28. The number of Topliss-reactive ketones (excluding diaryl/α,β-unsaturated/α-hetero) is 1. The van der Waals surface area contributed by atoms with Crippen LogP contribution < -0.4 is 11.1 Å². The highest BCUT2D eigenvalue weighted by atomic mass is 16.5. The summed E-state index contributed by atoms with van der Waals surface area (Å²) in [4.78, 5) is 37.1. The van der Waals surface area contributed by atoms with E-state index in [-0.39, 0.29) is 42.4 Å². The minimum absolute atomic E-state index is 0.0277. The fourth-order valence-electron chi connectivity index (χ4n) is 4.32. The highest BCUT2D eigenvalue weighted by Gasteiger charge is 2.31. The molecule has 0 radical (unpaired) electrons. The molecular weight excluding hydrogens is 404 g/mol. The average molecular weight is 437 g/mol. The number of carbonyl (C=O) groups excluding carboxylic acids is 3. The van der Waals surface area contributed by atoms with Crippen LogP contribution in [0.15, 0.2) is 60.7 Å². The van der Waals surface area contributed by atoms with Crippen molar-refractivity contribution in [2.75, 3.05) is 6.54 Å². The first-order valence-electron chi connectivity index (χ1n) is 11.3. The Labute approximate surface area is 189 Å². The molecule has 0 saturated heterocycles. The van der Waals surface area contributed by atoms with Gasteiger partial charge in [-0.1, -0.05) is 73.5 Å². The third-order valence-electron chi connectivity index (χ3n) is 6.07. The number of nitrogens with one attached hydrogen (secondary N) is 1. The molecule has 1 aliphatic carbocycles. The number of ketones is 1. The van der Waals surface area contributed by atoms with Gasteiger partial charge in [-0.25, -0.2) is 0 Å². The van der Waals surface area contributed by atoms with Crippen LogP contribution in [0.2, 0.25) is 0 Å². The van der Waals surface area contributed by atoms with Gasteiger partial charge >= 0.3 is 0 Å². The molecule has 6 heteroatoms. The molecule has 0 unspecified atom stereocenters. The van der Waals surface area contributed by atoms with E-state index in [0.717, 1.165) is 36.8 Å². The molecular formula is C26H32N2O4. The number of rotatable bonds is 11. The van der Waals surface area contributed by atoms with Crippen LogP contribution in [0, 0.1) is 11.8 Å². The second-order valence-electron chi connectivity index (χ2n) is 8.49. The van der Waals surface area contributed by atoms with Gasteiger partial charge in [0.2, 0.25) is 11.8 Å². The van der Waals surface area contributed by atoms with Crippen molar-refractivity contribution in [3.8, 4) is 0 Å². The van der Waals surface area contributed by atoms with Crippen molar-refractivity contribution in [2.24, 2.45) is 17.6 Å². The summed E-state index contributed by atoms with van der Waals surface area (Å²) in [5.41, 5.74) is 7.47. The SMILES string of the molecule is NC(=O)[C@@H]1CCCC[C@H]1CC(=O)CNC(=O)[C@H](Cc1ccccc1)OCc1ccccc1. The summed E-state index contributed by atoms with van der Waals surface area (Å²) in [7, 11) is 0. The molecule has 1 saturated carbocycles. The van der Waals surface area contributed by atoms with Crippen molar-refractivity contribution >= 4 is 17.6 Å². The van der Waals surface area contributed by atoms with Crippen molar-refractivity contribution in [2.45, 2.75) is 51.2 Å². The first-order chi connectivity index (χ1) is 15.5. The van der Waals surface area contributed by atoms with Crippen LogP contribution in [-0.4, -0.2) is 30.2 Å². The summed E-state index contributed by atoms with van der Waals surface area (Å²) in [6.07, 6.45) is 3.51. The van der Waals surface area contributed by atoms with Gasteiger partial charge in [-0.05, 0) is 29.9 Å². The van der Waals surface area contributed by atoms with E-state index in [1.807, 2.05) is 60.7 Å². The first kappa shape index (κ1) is 23.7. The maximum atomic E-state index is 12.9. The van der Waals surface area contributed by atoms with Crippen molar-refractivity contribution < 1.29 is 19.1 Å². The van der Waals surface area contributed by atoms with Gasteiger partial charge in [0.25, 0.3) is 0 Å². The van der Waals surface area contributed by atoms with E-state index in [9.17, 15) is 14.4 Å². The molecule has 0 aromatic heterocycles. The Morgan fingerprint density at radius 1 is 0.938 bits per heavy atom. The molecule has 32 heavy (non-hydrogen) atoms. The van der Waals surface area contributed by atoms with Crippen LogP contribution in [0.1, 0.15) is 43.2 Å². The smallest absolute Gasteiger partial charge is 0.249 e. The molecule has 2 aromatic carbocycles. The topological polar surface area (TPSA) is 98.5 Å². The van der Waals surface area contributed by atoms with E-state index in [1.165, 1.54) is 0 Å². The van der Waals surface area contributed by atoms with E-state index < -0.39 is 6.10 Å². The number of ether oxygens (including phenoxy) is 1. The average Bonchev–Trinajstić information content (AvgIpc) is 2.81. The molecule has 1 aliphatic rings. The molecule has 170 valence electrons. The molecule has 3 rings (SSSR count). The van der Waals surface area contributed by atoms with E-state index in [1.54, 1.807) is 0 Å². The van der Waals surface area contributed by atoms with Gasteiger partial charge in [-0.2, -0.15) is 0 Å². The predicted octanol–water partition coefficient (Wildman–Crippen LogP) is 3.18. The highest BCUT2D eigenvalue weighted by Crippen LogP contribution is 2.32. The Kier molecular flexibility index (Phi) is 8.99. The Hall–Kier alpha value is -2.99. The summed E-state index contributed by atoms with van der Waals surface area (Å²) in [5, 5.41) is 2.74. The van der Waals surface area contributed by atoms with Crippen LogP contribution in [0.4, 0.5) is 0 Å². The zero-order chi connectivity index (χ0) is 22.8. The molecule has 0 bridgehead atoms. The van der Waals surface area contributed by atoms with Crippen molar-refractivity contribution in [3.63, 3.8) is 0 Å². The lowest BCUT2D eigenvalue weighted by Crippen LogP contribution is -2.41. The number of hydrogen-bond donors (Lipinski definition) is 2. The molecule has 3 atom stereocenters. The Bertz CT molecular complexity index is 885. The number of benzene rings is 2. The molecule has 6 nitrogen and oxygen atoms in total. The number of hydrogen-bond acceptors (Lipinski definition) is 4. The molecule has 3 N–H and O–H groups in total. The van der Waals surface area contributed by atoms with Crippen LogP contribution in [0.5, 0.6) is 0 Å². The minimum Gasteiger partial charge on any atom is -0.369 e. The second-order valence-corrected chi connectivity index (χ2v) is 8.49. The van der Waals surface area contributed by atoms with Crippen LogP contribution in [-0.2, 0) is 32.1 Å². The third-order valence-corrected chi connectivity index (χ3v) is 6.07. The van der Waals surface area contributed by atoms with Gasteiger partial charge in [-0.15, -0.1) is 0 Å². The summed E-state index contributed by atoms with van der Waals surface area (Å²) in [6.45, 7) is 0.239. The quantitative estimate of drug-likeness (QED) is 0.565. The summed E-state index contributed by atoms with van der Waals surface area (Å²) >= 11 is 0. The summed E-state index contributed by atoms with van der Waals surface area (Å²) in [6, 6.07) is 19.3. The lowest BCUT2D eigenvalue weighted by atomic mass is 9.76. The second kappa shape index (κ2) is 12.2. The molecule has 0 aliphatic heterocycles. The third kappa shape index (κ3) is 7.31. The molecule has 1 fully saturated rings. The Balaban J connectivity index is 1.56. The van der Waals surface area contributed by atoms with E-state index in [0.29, 0.717) is 13.0 Å². The van der Waals surface area contributed by atoms with Crippen molar-refractivity contribution in [1.29, 1.82) is 0 Å². The number of amides is 2. The van der Waals surface area contributed by atoms with Crippen LogP contribution in [0.25, 0.3) is 0 Å². The molecule has 0 spiro atoms. The van der Waals surface area contributed by atoms with E-state index in [2.05, 4.69) is 5.32 Å². The first-order valence-corrected chi connectivity index (χ1v) is 11.3. The zero-order valence-electron chi connectivity index (χ0n) is 18.4. The maximum Gasteiger partial charge on any atom is 0.249 e. The normalized spacial score (nSPS) is 19.1. The van der Waals surface area contributed by atoms with Gasteiger partial charge in [0.1, 0.15) is 6.10 Å². The minimum atomic E-state index is -0.710. The number of nitrogens with two attached hydrogens (primary N) is 1. The summed E-state index contributed by atoms with van der Waals surface area (Å²) < 4.78 is 5.94. The Morgan fingerprint density at radius 2 is 1.56 bits per heavy atom. The monoisotopic (exact) mass is 436 g/mol. The number of carbonyl (C=O) groups is 3. The van der Waals surface area contributed by atoms with E-state index >= 15 is 0 Å². The maximum absolute atomic E-state index is 12.9. The highest BCUT2D eigenvalue weighted by molar-refractivity contribution is 5.88. The fraction of sp³-hybridized carbons (Fsp3) is 0.423. The van der Waals surface area contributed by atoms with Crippen LogP contribution >= 0.6 is 0 Å². The largest absolute Gasteiger partial charge is 0.369 e. The van der Waals surface area contributed by atoms with Gasteiger partial charge in [0.15, 0.2) is 5.78 Å². The van der Waals surface area contributed by atoms with Gasteiger partial charge < -0.3 is 15.8 Å². The van der Waals surface area contributed by atoms with E-state index in [4.69, 9.17) is 10.5 Å². The van der Waals surface area contributed by atoms with Gasteiger partial charge in [0.05, 0.1) is 13.2 Å². The van der Waals surface area contributed by atoms with Gasteiger partial charge in [0, 0.05) is 18.8 Å². The standard InChI is InChI=1S/C26H32N2O4/c27-25(30)23-14-8-7-13-21(23)16-22(29)17-28-26(31)24(15-19-9-3-1-4-10-19)32-18-20-11-5-2-6-12-20/h1-6,9-12,21,23-24H,7-8,13-18H2,(H2,27,30)(H,28,31)/t21-,23+,24-/m0/s1. The van der Waals surface area contributed by atoms with Crippen LogP contribution in [0.3, 0.4) is 0 Å². The van der Waals surface area contributed by atoms with Gasteiger partial charge in [-0.3, -0.25) is 14.4 Å². The number of primary amides is 1. The molecule has 0 heterocycles. The molecule has 2 aromatic rings. The predicted molar refractivity (Wildman–Crippen MR) is 122 cm³/mol. The zero-order valence-corrected chi connectivity index (χ0v) is 18.4. The van der Waals surface area contributed by atoms with Crippen molar-refractivity contribution in [3.05, 3.63) is 71.8 Å². The fourth-order valence-corrected chi connectivity index (χ4v) is 4.32. The summed E-state index contributed by atoms with van der Waals surface area (Å²) in [5.74, 6) is -1.00. The van der Waals surface area contributed by atoms with Crippen molar-refractivity contribution in [1.82, 2.24) is 5.32 Å². The molecule has 2 amide bonds. The Morgan fingerprint density at radius 3 is 2.22 bits per heavy atom. The lowest BCUT2D eigenvalue weighted by molar-refractivity contribution is -0.135.